The molecule has 0 saturated carbocycles. The van der Waals surface area contributed by atoms with Crippen LogP contribution in [0.15, 0.2) is 30.3 Å². The molecule has 1 rings (SSSR count). The average molecular weight is 249 g/mol. The van der Waals surface area contributed by atoms with Gasteiger partial charge in [0.1, 0.15) is 6.04 Å². The second-order valence-electron chi connectivity index (χ2n) is 4.26. The van der Waals surface area contributed by atoms with Gasteiger partial charge in [0, 0.05) is 0 Å². The minimum atomic E-state index is -0.344. The molecule has 0 amide bonds. The van der Waals surface area contributed by atoms with Crippen LogP contribution in [0, 0.1) is 0 Å². The molecule has 1 aromatic rings. The topological polar surface area (TPSA) is 38.3 Å². The fraction of sp³-hybridized carbons (Fsp3) is 0.533. The van der Waals surface area contributed by atoms with Gasteiger partial charge in [0.25, 0.3) is 0 Å². The van der Waals surface area contributed by atoms with Gasteiger partial charge in [-0.15, -0.1) is 0 Å². The Balaban J connectivity index is 2.61. The van der Waals surface area contributed by atoms with Crippen molar-refractivity contribution in [1.29, 1.82) is 0 Å². The molecule has 3 heteroatoms. The maximum absolute atomic E-state index is 11.9. The van der Waals surface area contributed by atoms with E-state index in [1.54, 1.807) is 0 Å². The first kappa shape index (κ1) is 14.7. The van der Waals surface area contributed by atoms with Crippen LogP contribution in [0.1, 0.15) is 44.7 Å². The molecule has 1 unspecified atom stereocenters. The normalized spacial score (nSPS) is 12.1. The molecule has 100 valence electrons. The molecule has 18 heavy (non-hydrogen) atoms. The Morgan fingerprint density at radius 1 is 1.22 bits per heavy atom. The average Bonchev–Trinajstić information content (AvgIpc) is 2.40. The molecule has 0 aliphatic carbocycles. The van der Waals surface area contributed by atoms with Crippen molar-refractivity contribution in [2.45, 2.75) is 39.2 Å². The zero-order valence-electron chi connectivity index (χ0n) is 11.3. The van der Waals surface area contributed by atoms with Gasteiger partial charge in [-0.1, -0.05) is 50.1 Å². The molecule has 0 aliphatic rings. The molecule has 0 saturated heterocycles. The van der Waals surface area contributed by atoms with Crippen molar-refractivity contribution in [3.63, 3.8) is 0 Å². The Morgan fingerprint density at radius 3 is 2.56 bits per heavy atom. The van der Waals surface area contributed by atoms with Crippen molar-refractivity contribution in [2.75, 3.05) is 13.2 Å². The summed E-state index contributed by atoms with van der Waals surface area (Å²) in [5.74, 6) is -0.194. The summed E-state index contributed by atoms with van der Waals surface area (Å²) in [6.07, 6.45) is 3.44. The van der Waals surface area contributed by atoms with Crippen molar-refractivity contribution in [3.05, 3.63) is 35.9 Å². The first-order valence-electron chi connectivity index (χ1n) is 6.74. The van der Waals surface area contributed by atoms with Crippen molar-refractivity contribution in [3.8, 4) is 0 Å². The van der Waals surface area contributed by atoms with E-state index >= 15 is 0 Å². The Kier molecular flexibility index (Phi) is 7.11. The van der Waals surface area contributed by atoms with E-state index < -0.39 is 0 Å². The van der Waals surface area contributed by atoms with E-state index in [2.05, 4.69) is 12.2 Å². The number of nitrogens with one attached hydrogen (secondary N) is 1. The maximum atomic E-state index is 11.9. The molecule has 0 radical (unpaired) electrons. The Labute approximate surface area is 110 Å². The number of hydrogen-bond donors (Lipinski definition) is 1. The summed E-state index contributed by atoms with van der Waals surface area (Å²) in [6.45, 7) is 5.25. The molecule has 0 aromatic heterocycles. The van der Waals surface area contributed by atoms with Gasteiger partial charge in [-0.05, 0) is 25.5 Å². The summed E-state index contributed by atoms with van der Waals surface area (Å²) in [5.41, 5.74) is 0.965. The van der Waals surface area contributed by atoms with Gasteiger partial charge in [-0.3, -0.25) is 0 Å². The number of carbonyl (C=O) groups is 1. The zero-order chi connectivity index (χ0) is 13.2. The molecule has 0 fully saturated rings. The number of rotatable bonds is 8. The fourth-order valence-electron chi connectivity index (χ4n) is 1.83. The molecule has 1 atom stereocenters. The first-order valence-corrected chi connectivity index (χ1v) is 6.74. The van der Waals surface area contributed by atoms with Crippen molar-refractivity contribution < 1.29 is 9.53 Å². The smallest absolute Gasteiger partial charge is 0.327 e. The maximum Gasteiger partial charge on any atom is 0.327 e. The highest BCUT2D eigenvalue weighted by atomic mass is 16.5. The SMILES string of the molecule is CCCCCNC(C(=O)OCC)c1ccccc1. The molecular weight excluding hydrogens is 226 g/mol. The van der Waals surface area contributed by atoms with Crippen LogP contribution in [0.4, 0.5) is 0 Å². The van der Waals surface area contributed by atoms with Crippen LogP contribution >= 0.6 is 0 Å². The largest absolute Gasteiger partial charge is 0.465 e. The quantitative estimate of drug-likeness (QED) is 0.568. The lowest BCUT2D eigenvalue weighted by Gasteiger charge is -2.17. The summed E-state index contributed by atoms with van der Waals surface area (Å²) in [6, 6.07) is 9.39. The van der Waals surface area contributed by atoms with Crippen LogP contribution in [0.3, 0.4) is 0 Å². The van der Waals surface area contributed by atoms with E-state index in [1.807, 2.05) is 37.3 Å². The van der Waals surface area contributed by atoms with Crippen molar-refractivity contribution in [1.82, 2.24) is 5.32 Å². The third kappa shape index (κ3) is 4.88. The number of ether oxygens (including phenoxy) is 1. The number of carbonyl (C=O) groups excluding carboxylic acids is 1. The van der Waals surface area contributed by atoms with Gasteiger partial charge in [-0.2, -0.15) is 0 Å². The standard InChI is InChI=1S/C15H23NO2/c1-3-5-9-12-16-14(15(17)18-4-2)13-10-7-6-8-11-13/h6-8,10-11,14,16H,3-5,9,12H2,1-2H3. The van der Waals surface area contributed by atoms with E-state index in [-0.39, 0.29) is 12.0 Å². The number of hydrogen-bond acceptors (Lipinski definition) is 3. The fourth-order valence-corrected chi connectivity index (χ4v) is 1.83. The lowest BCUT2D eigenvalue weighted by molar-refractivity contribution is -0.145. The minimum Gasteiger partial charge on any atom is -0.465 e. The lowest BCUT2D eigenvalue weighted by Crippen LogP contribution is -2.31. The summed E-state index contributed by atoms with van der Waals surface area (Å²) in [4.78, 5) is 11.9. The monoisotopic (exact) mass is 249 g/mol. The van der Waals surface area contributed by atoms with Crippen LogP contribution in [-0.4, -0.2) is 19.1 Å². The van der Waals surface area contributed by atoms with Gasteiger partial charge in [0.15, 0.2) is 0 Å². The lowest BCUT2D eigenvalue weighted by atomic mass is 10.1. The van der Waals surface area contributed by atoms with E-state index in [0.29, 0.717) is 6.61 Å². The van der Waals surface area contributed by atoms with Crippen molar-refractivity contribution in [2.24, 2.45) is 0 Å². The van der Waals surface area contributed by atoms with E-state index in [4.69, 9.17) is 4.74 Å². The highest BCUT2D eigenvalue weighted by molar-refractivity contribution is 5.77. The second kappa shape index (κ2) is 8.70. The first-order chi connectivity index (χ1) is 8.79. The summed E-state index contributed by atoms with van der Waals surface area (Å²) < 4.78 is 5.11. The Morgan fingerprint density at radius 2 is 1.94 bits per heavy atom. The van der Waals surface area contributed by atoms with Gasteiger partial charge >= 0.3 is 5.97 Å². The molecule has 0 aliphatic heterocycles. The number of unbranched alkanes of at least 4 members (excludes halogenated alkanes) is 2. The van der Waals surface area contributed by atoms with Crippen molar-refractivity contribution >= 4 is 5.97 Å². The molecule has 0 spiro atoms. The van der Waals surface area contributed by atoms with E-state index in [1.165, 1.54) is 12.8 Å². The predicted octanol–water partition coefficient (Wildman–Crippen LogP) is 3.07. The molecular formula is C15H23NO2. The van der Waals surface area contributed by atoms with Crippen LogP contribution in [-0.2, 0) is 9.53 Å². The highest BCUT2D eigenvalue weighted by Crippen LogP contribution is 2.14. The Hall–Kier alpha value is -1.35. The van der Waals surface area contributed by atoms with Crippen LogP contribution in [0.5, 0.6) is 0 Å². The summed E-state index contributed by atoms with van der Waals surface area (Å²) in [5, 5.41) is 3.28. The molecule has 0 heterocycles. The number of esters is 1. The Bertz CT molecular complexity index is 338. The van der Waals surface area contributed by atoms with Gasteiger partial charge in [0.2, 0.25) is 0 Å². The molecule has 0 bridgehead atoms. The third-order valence-corrected chi connectivity index (χ3v) is 2.78. The van der Waals surface area contributed by atoms with Crippen LogP contribution in [0.25, 0.3) is 0 Å². The zero-order valence-corrected chi connectivity index (χ0v) is 11.3. The van der Waals surface area contributed by atoms with Gasteiger partial charge in [-0.25, -0.2) is 4.79 Å². The van der Waals surface area contributed by atoms with Crippen LogP contribution < -0.4 is 5.32 Å². The number of benzene rings is 1. The molecule has 3 nitrogen and oxygen atoms in total. The summed E-state index contributed by atoms with van der Waals surface area (Å²) in [7, 11) is 0. The van der Waals surface area contributed by atoms with E-state index in [0.717, 1.165) is 18.5 Å². The van der Waals surface area contributed by atoms with Crippen LogP contribution in [0.2, 0.25) is 0 Å². The van der Waals surface area contributed by atoms with E-state index in [9.17, 15) is 4.79 Å². The summed E-state index contributed by atoms with van der Waals surface area (Å²) >= 11 is 0. The van der Waals surface area contributed by atoms with Gasteiger partial charge in [0.05, 0.1) is 6.61 Å². The molecule has 1 aromatic carbocycles. The third-order valence-electron chi connectivity index (χ3n) is 2.78. The highest BCUT2D eigenvalue weighted by Gasteiger charge is 2.20. The second-order valence-corrected chi connectivity index (χ2v) is 4.26. The predicted molar refractivity (Wildman–Crippen MR) is 73.3 cm³/mol. The van der Waals surface area contributed by atoms with Gasteiger partial charge < -0.3 is 10.1 Å². The molecule has 1 N–H and O–H groups in total. The minimum absolute atomic E-state index is 0.194.